The third kappa shape index (κ3) is 11.0. The first kappa shape index (κ1) is 41.7. The van der Waals surface area contributed by atoms with E-state index in [1.54, 1.807) is 20.3 Å². The van der Waals surface area contributed by atoms with Crippen LogP contribution in [0.5, 0.6) is 5.75 Å². The summed E-state index contributed by atoms with van der Waals surface area (Å²) in [7, 11) is -1.16. The minimum absolute atomic E-state index is 0.0957. The van der Waals surface area contributed by atoms with Crippen LogP contribution in [0.4, 0.5) is 5.69 Å². The monoisotopic (exact) mass is 745 g/mol. The molecule has 0 atom stereocenters. The quantitative estimate of drug-likeness (QED) is 0.0695. The molecule has 0 amide bonds. The molecule has 2 aromatic carbocycles. The highest BCUT2D eigenvalue weighted by Crippen LogP contribution is 2.45. The number of hydrogen-bond acceptors (Lipinski definition) is 7. The summed E-state index contributed by atoms with van der Waals surface area (Å²) >= 11 is 0. The lowest BCUT2D eigenvalue weighted by Gasteiger charge is -2.30. The summed E-state index contributed by atoms with van der Waals surface area (Å²) in [6.45, 7) is 12.6. The molecule has 2 aromatic rings. The molecule has 0 saturated carbocycles. The van der Waals surface area contributed by atoms with Gasteiger partial charge in [-0.1, -0.05) is 63.3 Å². The lowest BCUT2D eigenvalue weighted by Crippen LogP contribution is -2.28. The normalized spacial score (nSPS) is 16.6. The van der Waals surface area contributed by atoms with Crippen LogP contribution in [0.25, 0.3) is 5.57 Å². The third-order valence-electron chi connectivity index (χ3n) is 9.81. The van der Waals surface area contributed by atoms with E-state index in [1.807, 2.05) is 56.4 Å². The van der Waals surface area contributed by atoms with E-state index >= 15 is 0 Å². The molecule has 0 unspecified atom stereocenters. The molecule has 4 rings (SSSR count). The number of benzene rings is 2. The first-order chi connectivity index (χ1) is 25.1. The van der Waals surface area contributed by atoms with E-state index < -0.39 is 21.5 Å². The lowest BCUT2D eigenvalue weighted by atomic mass is 9.79. The molecule has 0 spiro atoms. The van der Waals surface area contributed by atoms with E-state index in [2.05, 4.69) is 49.6 Å². The Morgan fingerprint density at radius 3 is 2.28 bits per heavy atom. The standard InChI is InChI=1S/C43H55NO8S/c1-42(2,3)36-29-33(52-39-28-32(19-21-35(36)39)31(23-26-50-6)24-27-51-7)16-12-9-8-10-13-17-40-43(4,5)37-30-34(53(47,48)49)20-22-38(37)44(40)25-15-11-14-18-41(45)46/h8-10,12-13,16-17,19-22,28-31H,11,14-15,18,23-27H2,1-7H3,(H-,45,46,47,48,49)/b10-8+,12-9+,17-13+,33-16+. The van der Waals surface area contributed by atoms with Crippen LogP contribution in [0.3, 0.4) is 0 Å². The molecular weight excluding hydrogens is 691 g/mol. The van der Waals surface area contributed by atoms with Gasteiger partial charge in [0.05, 0.1) is 10.3 Å². The Kier molecular flexibility index (Phi) is 14.4. The summed E-state index contributed by atoms with van der Waals surface area (Å²) in [4.78, 5) is 10.7. The Labute approximate surface area is 315 Å². The van der Waals surface area contributed by atoms with Gasteiger partial charge in [0.2, 0.25) is 5.69 Å². The fourth-order valence-electron chi connectivity index (χ4n) is 6.94. The smallest absolute Gasteiger partial charge is 0.303 e. The zero-order valence-electron chi connectivity index (χ0n) is 32.2. The number of carboxylic acid groups (broad SMARTS) is 1. The average molecular weight is 746 g/mol. The predicted molar refractivity (Wildman–Crippen MR) is 209 cm³/mol. The fraction of sp³-hybridized carbons (Fsp3) is 0.442. The summed E-state index contributed by atoms with van der Waals surface area (Å²) in [5, 5.41) is 9.01. The molecule has 0 aliphatic carbocycles. The van der Waals surface area contributed by atoms with Crippen molar-refractivity contribution in [1.82, 2.24) is 0 Å². The Balaban J connectivity index is 1.54. The Hall–Kier alpha value is -4.09. The van der Waals surface area contributed by atoms with Gasteiger partial charge < -0.3 is 23.9 Å². The van der Waals surface area contributed by atoms with Crippen LogP contribution in [-0.4, -0.2) is 68.3 Å². The molecule has 9 nitrogen and oxygen atoms in total. The number of carbonyl (C=O) groups is 1. The van der Waals surface area contributed by atoms with E-state index in [0.717, 1.165) is 59.7 Å². The van der Waals surface area contributed by atoms with Crippen molar-refractivity contribution in [3.8, 4) is 5.75 Å². The van der Waals surface area contributed by atoms with Gasteiger partial charge in [0.15, 0.2) is 5.71 Å². The van der Waals surface area contributed by atoms with Crippen LogP contribution in [0.2, 0.25) is 0 Å². The second-order valence-electron chi connectivity index (χ2n) is 15.1. The van der Waals surface area contributed by atoms with E-state index in [1.165, 1.54) is 23.3 Å². The molecule has 0 saturated heterocycles. The molecule has 0 fully saturated rings. The van der Waals surface area contributed by atoms with Gasteiger partial charge in [-0.15, -0.1) is 0 Å². The summed E-state index contributed by atoms with van der Waals surface area (Å²) in [5.74, 6) is 1.08. The van der Waals surface area contributed by atoms with Crippen molar-refractivity contribution in [1.29, 1.82) is 0 Å². The van der Waals surface area contributed by atoms with Crippen molar-refractivity contribution in [3.05, 3.63) is 107 Å². The summed E-state index contributed by atoms with van der Waals surface area (Å²) in [6, 6.07) is 11.1. The van der Waals surface area contributed by atoms with E-state index in [9.17, 15) is 17.8 Å². The first-order valence-electron chi connectivity index (χ1n) is 18.3. The van der Waals surface area contributed by atoms with Crippen molar-refractivity contribution < 1.29 is 41.7 Å². The highest BCUT2D eigenvalue weighted by Gasteiger charge is 2.44. The summed E-state index contributed by atoms with van der Waals surface area (Å²) in [6.07, 6.45) is 19.8. The number of carboxylic acids is 1. The van der Waals surface area contributed by atoms with Crippen molar-refractivity contribution in [3.63, 3.8) is 0 Å². The molecule has 2 aliphatic heterocycles. The topological polar surface area (TPSA) is 125 Å². The van der Waals surface area contributed by atoms with E-state index in [0.29, 0.717) is 32.1 Å². The third-order valence-corrected chi connectivity index (χ3v) is 10.6. The van der Waals surface area contributed by atoms with Crippen LogP contribution < -0.4 is 4.74 Å². The maximum atomic E-state index is 11.8. The number of allylic oxidation sites excluding steroid dienone is 9. The first-order valence-corrected chi connectivity index (χ1v) is 19.7. The van der Waals surface area contributed by atoms with Crippen LogP contribution in [0, 0.1) is 5.41 Å². The van der Waals surface area contributed by atoms with Crippen molar-refractivity contribution in [2.24, 2.45) is 5.41 Å². The van der Waals surface area contributed by atoms with Crippen LogP contribution in [0.1, 0.15) is 95.8 Å². The highest BCUT2D eigenvalue weighted by molar-refractivity contribution is 7.85. The highest BCUT2D eigenvalue weighted by atomic mass is 32.2. The number of nitrogens with zero attached hydrogens (tertiary/aromatic N) is 1. The van der Waals surface area contributed by atoms with Crippen molar-refractivity contribution >= 4 is 33.1 Å². The Bertz CT molecular complexity index is 1910. The van der Waals surface area contributed by atoms with Gasteiger partial charge in [-0.3, -0.25) is 4.79 Å². The SMILES string of the molecule is COCCC(CCOC)c1ccc2c(c1)O/C(=C/C=C/C=C/C=C/C1=[N+](CCCCCC(=O)O)c3ccc(S(=O)(=O)[O-])cc3C1(C)C)C=C2C(C)(C)C. The van der Waals surface area contributed by atoms with Crippen molar-refractivity contribution in [2.75, 3.05) is 34.0 Å². The molecule has 286 valence electrons. The zero-order valence-corrected chi connectivity index (χ0v) is 33.0. The summed E-state index contributed by atoms with van der Waals surface area (Å²) < 4.78 is 54.9. The molecule has 2 aliphatic rings. The Morgan fingerprint density at radius 1 is 0.962 bits per heavy atom. The minimum atomic E-state index is -4.61. The van der Waals surface area contributed by atoms with Gasteiger partial charge in [0, 0.05) is 63.5 Å². The largest absolute Gasteiger partial charge is 0.744 e. The molecule has 1 N–H and O–H groups in total. The predicted octanol–water partition coefficient (Wildman–Crippen LogP) is 8.84. The average Bonchev–Trinajstić information content (AvgIpc) is 3.30. The molecule has 0 aromatic heterocycles. The fourth-order valence-corrected chi connectivity index (χ4v) is 7.44. The number of ether oxygens (including phenoxy) is 3. The lowest BCUT2D eigenvalue weighted by molar-refractivity contribution is -0.438. The number of methoxy groups -OCH3 is 2. The second-order valence-corrected chi connectivity index (χ2v) is 16.5. The molecule has 2 heterocycles. The van der Waals surface area contributed by atoms with Gasteiger partial charge >= 0.3 is 5.97 Å². The number of hydrogen-bond donors (Lipinski definition) is 1. The molecule has 53 heavy (non-hydrogen) atoms. The number of aliphatic carboxylic acids is 1. The van der Waals surface area contributed by atoms with Crippen molar-refractivity contribution in [2.45, 2.75) is 89.4 Å². The maximum Gasteiger partial charge on any atom is 0.303 e. The van der Waals surface area contributed by atoms with E-state index in [4.69, 9.17) is 19.3 Å². The summed E-state index contributed by atoms with van der Waals surface area (Å²) in [5.41, 5.74) is 5.41. The maximum absolute atomic E-state index is 11.8. The zero-order chi connectivity index (χ0) is 38.8. The van der Waals surface area contributed by atoms with Crippen LogP contribution in [0.15, 0.2) is 95.7 Å². The number of rotatable bonds is 18. The van der Waals surface area contributed by atoms with Gasteiger partial charge in [0.25, 0.3) is 0 Å². The molecule has 0 radical (unpaired) electrons. The van der Waals surface area contributed by atoms with Crippen LogP contribution in [-0.2, 0) is 29.8 Å². The molecule has 0 bridgehead atoms. The number of unbranched alkanes of at least 4 members (excludes halogenated alkanes) is 2. The molecule has 10 heteroatoms. The Morgan fingerprint density at radius 2 is 1.64 bits per heavy atom. The van der Waals surface area contributed by atoms with E-state index in [-0.39, 0.29) is 16.7 Å². The second kappa shape index (κ2) is 18.3. The van der Waals surface area contributed by atoms with Gasteiger partial charge in [-0.05, 0) is 92.4 Å². The van der Waals surface area contributed by atoms with Crippen LogP contribution >= 0.6 is 0 Å². The minimum Gasteiger partial charge on any atom is -0.744 e. The number of fused-ring (bicyclic) bond motifs is 2. The van der Waals surface area contributed by atoms with Gasteiger partial charge in [0.1, 0.15) is 28.2 Å². The molecular formula is C43H55NO8S. The van der Waals surface area contributed by atoms with Gasteiger partial charge in [-0.25, -0.2) is 8.42 Å². The van der Waals surface area contributed by atoms with Gasteiger partial charge in [-0.2, -0.15) is 4.58 Å².